The first-order valence-electron chi connectivity index (χ1n) is 11.2. The maximum Gasteiger partial charge on any atom is 0.205 e. The van der Waals surface area contributed by atoms with Crippen LogP contribution in [0.1, 0.15) is 30.3 Å². The van der Waals surface area contributed by atoms with Gasteiger partial charge in [0.2, 0.25) is 5.82 Å². The van der Waals surface area contributed by atoms with Gasteiger partial charge in [0.05, 0.1) is 16.8 Å². The first-order chi connectivity index (χ1) is 16.7. The Hall–Kier alpha value is -3.98. The van der Waals surface area contributed by atoms with E-state index in [-0.39, 0.29) is 0 Å². The number of aromatic nitrogens is 8. The molecule has 0 saturated heterocycles. The van der Waals surface area contributed by atoms with Crippen molar-refractivity contribution in [3.05, 3.63) is 71.7 Å². The lowest BCUT2D eigenvalue weighted by Gasteiger charge is -2.08. The number of nitrogens with one attached hydrogen (secondary N) is 1. The van der Waals surface area contributed by atoms with Gasteiger partial charge in [0.25, 0.3) is 0 Å². The Labute approximate surface area is 199 Å². The van der Waals surface area contributed by atoms with Gasteiger partial charge in [-0.3, -0.25) is 0 Å². The molecular weight excluding hydrogens is 444 g/mol. The average molecular weight is 467 g/mol. The number of rotatable bonds is 6. The molecule has 9 heteroatoms. The van der Waals surface area contributed by atoms with Crippen molar-refractivity contribution in [1.82, 2.24) is 40.1 Å². The minimum Gasteiger partial charge on any atom is -0.308 e. The number of H-pyrrole nitrogens is 1. The highest BCUT2D eigenvalue weighted by molar-refractivity contribution is 7.21. The summed E-state index contributed by atoms with van der Waals surface area (Å²) in [5.74, 6) is 1.65. The number of tetrazole rings is 1. The number of hydrogen-bond donors (Lipinski definition) is 1. The summed E-state index contributed by atoms with van der Waals surface area (Å²) in [6.07, 6.45) is 3.83. The summed E-state index contributed by atoms with van der Waals surface area (Å²) in [6.45, 7) is 5.00. The number of pyridine rings is 1. The monoisotopic (exact) mass is 466 g/mol. The van der Waals surface area contributed by atoms with E-state index >= 15 is 0 Å². The zero-order chi connectivity index (χ0) is 23.1. The maximum atomic E-state index is 4.91. The molecule has 0 aliphatic heterocycles. The lowest BCUT2D eigenvalue weighted by Crippen LogP contribution is -2.05. The van der Waals surface area contributed by atoms with Crippen LogP contribution in [0.4, 0.5) is 0 Å². The Morgan fingerprint density at radius 1 is 1.03 bits per heavy atom. The molecule has 1 N–H and O–H groups in total. The molecule has 0 spiro atoms. The number of benzene rings is 2. The van der Waals surface area contributed by atoms with Gasteiger partial charge in [-0.05, 0) is 47.9 Å². The van der Waals surface area contributed by atoms with E-state index < -0.39 is 0 Å². The van der Waals surface area contributed by atoms with Crippen molar-refractivity contribution >= 4 is 32.7 Å². The smallest absolute Gasteiger partial charge is 0.205 e. The van der Waals surface area contributed by atoms with Crippen LogP contribution in [0.25, 0.3) is 43.3 Å². The Kier molecular flexibility index (Phi) is 5.10. The van der Waals surface area contributed by atoms with E-state index in [4.69, 9.17) is 9.97 Å². The van der Waals surface area contributed by atoms with Crippen LogP contribution in [0, 0.1) is 6.92 Å². The van der Waals surface area contributed by atoms with E-state index in [1.54, 1.807) is 11.3 Å². The molecule has 0 atom stereocenters. The number of aromatic amines is 1. The minimum absolute atomic E-state index is 0.564. The number of fused-ring (bicyclic) bond motifs is 2. The molecule has 0 radical (unpaired) electrons. The number of nitrogens with zero attached hydrogens (tertiary/aromatic N) is 7. The van der Waals surface area contributed by atoms with Gasteiger partial charge in [-0.25, -0.2) is 15.0 Å². The summed E-state index contributed by atoms with van der Waals surface area (Å²) in [4.78, 5) is 14.5. The van der Waals surface area contributed by atoms with Crippen LogP contribution in [0.15, 0.2) is 54.7 Å². The van der Waals surface area contributed by atoms with Crippen LogP contribution in [0.5, 0.6) is 0 Å². The van der Waals surface area contributed by atoms with Crippen LogP contribution >= 0.6 is 11.3 Å². The number of thiazole rings is 1. The zero-order valence-corrected chi connectivity index (χ0v) is 19.7. The fraction of sp³-hybridized carbons (Fsp3) is 0.200. The van der Waals surface area contributed by atoms with Crippen molar-refractivity contribution in [2.45, 2.75) is 33.2 Å². The number of hydrogen-bond acceptors (Lipinski definition) is 7. The summed E-state index contributed by atoms with van der Waals surface area (Å²) in [6, 6.07) is 16.5. The molecule has 2 aromatic carbocycles. The van der Waals surface area contributed by atoms with Gasteiger partial charge < -0.3 is 4.57 Å². The summed E-state index contributed by atoms with van der Waals surface area (Å²) in [5.41, 5.74) is 7.18. The van der Waals surface area contributed by atoms with Crippen molar-refractivity contribution in [2.24, 2.45) is 0 Å². The standard InChI is InChI=1S/C25H22N8S/c1-3-6-21-28-22-15(2)11-12-26-24(22)33(21)14-16-9-10-19-20(13-16)34-25(27-19)18-8-5-4-7-17(18)23-29-31-32-30-23/h4-5,7-13H,3,6,14H2,1-2H3,(H,29,30,31,32). The maximum absolute atomic E-state index is 4.91. The highest BCUT2D eigenvalue weighted by Gasteiger charge is 2.16. The van der Waals surface area contributed by atoms with Gasteiger partial charge in [-0.2, -0.15) is 5.21 Å². The van der Waals surface area contributed by atoms with Gasteiger partial charge in [0.15, 0.2) is 5.65 Å². The molecule has 0 saturated carbocycles. The number of imidazole rings is 1. The fourth-order valence-electron chi connectivity index (χ4n) is 4.27. The van der Waals surface area contributed by atoms with Gasteiger partial charge in [-0.15, -0.1) is 21.5 Å². The Bertz CT molecular complexity index is 1610. The predicted molar refractivity (Wildman–Crippen MR) is 134 cm³/mol. The second-order valence-corrected chi connectivity index (χ2v) is 9.30. The molecule has 0 aliphatic carbocycles. The molecule has 0 aliphatic rings. The average Bonchev–Trinajstić information content (AvgIpc) is 3.59. The van der Waals surface area contributed by atoms with Crippen molar-refractivity contribution in [3.63, 3.8) is 0 Å². The molecule has 8 nitrogen and oxygen atoms in total. The van der Waals surface area contributed by atoms with E-state index in [9.17, 15) is 0 Å². The van der Waals surface area contributed by atoms with Crippen LogP contribution in [0.3, 0.4) is 0 Å². The highest BCUT2D eigenvalue weighted by atomic mass is 32.1. The molecule has 0 fully saturated rings. The molecule has 0 unspecified atom stereocenters. The number of aryl methyl sites for hydroxylation is 2. The Morgan fingerprint density at radius 2 is 1.91 bits per heavy atom. The van der Waals surface area contributed by atoms with Gasteiger partial charge >= 0.3 is 0 Å². The third kappa shape index (κ3) is 3.54. The van der Waals surface area contributed by atoms with Gasteiger partial charge in [-0.1, -0.05) is 37.3 Å². The molecule has 34 heavy (non-hydrogen) atoms. The van der Waals surface area contributed by atoms with Crippen molar-refractivity contribution in [1.29, 1.82) is 0 Å². The molecule has 168 valence electrons. The van der Waals surface area contributed by atoms with E-state index in [1.807, 2.05) is 36.5 Å². The fourth-order valence-corrected chi connectivity index (χ4v) is 5.34. The van der Waals surface area contributed by atoms with Crippen LogP contribution in [0.2, 0.25) is 0 Å². The van der Waals surface area contributed by atoms with Crippen LogP contribution in [-0.2, 0) is 13.0 Å². The summed E-state index contributed by atoms with van der Waals surface area (Å²) in [7, 11) is 0. The Morgan fingerprint density at radius 3 is 2.74 bits per heavy atom. The Balaban J connectivity index is 1.40. The van der Waals surface area contributed by atoms with E-state index in [0.717, 1.165) is 68.3 Å². The second-order valence-electron chi connectivity index (χ2n) is 8.27. The minimum atomic E-state index is 0.564. The molecule has 0 amide bonds. The van der Waals surface area contributed by atoms with E-state index in [2.05, 4.69) is 62.2 Å². The highest BCUT2D eigenvalue weighted by Crippen LogP contribution is 2.35. The quantitative estimate of drug-likeness (QED) is 0.362. The molecular formula is C25H22N8S. The van der Waals surface area contributed by atoms with E-state index in [1.165, 1.54) is 5.56 Å². The zero-order valence-electron chi connectivity index (χ0n) is 18.9. The largest absolute Gasteiger partial charge is 0.308 e. The molecule has 6 rings (SSSR count). The molecule has 0 bridgehead atoms. The second kappa shape index (κ2) is 8.42. The topological polar surface area (TPSA) is 98.1 Å². The molecule has 4 heterocycles. The molecule has 6 aromatic rings. The third-order valence-electron chi connectivity index (χ3n) is 5.93. The lowest BCUT2D eigenvalue weighted by atomic mass is 10.1. The van der Waals surface area contributed by atoms with Gasteiger partial charge in [0, 0.05) is 23.7 Å². The SMILES string of the molecule is CCCc1nc2c(C)ccnc2n1Cc1ccc2nc(-c3ccccc3-c3nn[nH]n3)sc2c1. The summed E-state index contributed by atoms with van der Waals surface area (Å²) < 4.78 is 3.39. The van der Waals surface area contributed by atoms with Gasteiger partial charge in [0.1, 0.15) is 16.3 Å². The van der Waals surface area contributed by atoms with Crippen molar-refractivity contribution in [2.75, 3.05) is 0 Å². The predicted octanol–water partition coefficient (Wildman–Crippen LogP) is 5.20. The lowest BCUT2D eigenvalue weighted by molar-refractivity contribution is 0.717. The van der Waals surface area contributed by atoms with Crippen LogP contribution in [-0.4, -0.2) is 40.1 Å². The normalized spacial score (nSPS) is 11.6. The third-order valence-corrected chi connectivity index (χ3v) is 6.98. The molecule has 4 aromatic heterocycles. The summed E-state index contributed by atoms with van der Waals surface area (Å²) >= 11 is 1.67. The van der Waals surface area contributed by atoms with Crippen molar-refractivity contribution < 1.29 is 0 Å². The van der Waals surface area contributed by atoms with Crippen LogP contribution < -0.4 is 0 Å². The van der Waals surface area contributed by atoms with Crippen molar-refractivity contribution in [3.8, 4) is 22.0 Å². The van der Waals surface area contributed by atoms with E-state index in [0.29, 0.717) is 5.82 Å². The summed E-state index contributed by atoms with van der Waals surface area (Å²) in [5, 5.41) is 15.5. The first-order valence-corrected chi connectivity index (χ1v) is 12.1. The first kappa shape index (κ1) is 20.6.